The Balaban J connectivity index is 1.95. The Bertz CT molecular complexity index is 542. The highest BCUT2D eigenvalue weighted by Crippen LogP contribution is 2.21. The number of nitriles is 1. The molecule has 1 aromatic carbocycles. The van der Waals surface area contributed by atoms with Crippen molar-refractivity contribution in [3.05, 3.63) is 28.8 Å². The fourth-order valence-corrected chi connectivity index (χ4v) is 2.60. The van der Waals surface area contributed by atoms with E-state index in [9.17, 15) is 9.90 Å². The molecule has 0 bridgehead atoms. The highest BCUT2D eigenvalue weighted by atomic mass is 35.5. The van der Waals surface area contributed by atoms with Crippen LogP contribution in [0.25, 0.3) is 0 Å². The SMILES string of the molecule is N#Cc1ccc(NC(=O)CN2CCC[C@@H]2CO)cc1Cl. The lowest BCUT2D eigenvalue weighted by molar-refractivity contribution is -0.117. The number of carbonyl (C=O) groups is 1. The van der Waals surface area contributed by atoms with Crippen LogP contribution in [0.1, 0.15) is 18.4 Å². The Labute approximate surface area is 122 Å². The molecule has 1 aliphatic rings. The zero-order chi connectivity index (χ0) is 14.5. The van der Waals surface area contributed by atoms with Crippen LogP contribution in [0.4, 0.5) is 5.69 Å². The van der Waals surface area contributed by atoms with Crippen molar-refractivity contribution in [2.45, 2.75) is 18.9 Å². The van der Waals surface area contributed by atoms with Crippen LogP contribution >= 0.6 is 11.6 Å². The second kappa shape index (κ2) is 6.71. The molecule has 2 N–H and O–H groups in total. The first-order valence-corrected chi connectivity index (χ1v) is 6.86. The molecule has 1 aromatic rings. The Kier molecular flexibility index (Phi) is 4.96. The molecule has 1 amide bonds. The fraction of sp³-hybridized carbons (Fsp3) is 0.429. The zero-order valence-electron chi connectivity index (χ0n) is 11.0. The van der Waals surface area contributed by atoms with Crippen molar-refractivity contribution < 1.29 is 9.90 Å². The maximum Gasteiger partial charge on any atom is 0.238 e. The number of nitrogens with zero attached hydrogens (tertiary/aromatic N) is 2. The maximum atomic E-state index is 12.0. The molecule has 1 aliphatic heterocycles. The summed E-state index contributed by atoms with van der Waals surface area (Å²) in [7, 11) is 0. The highest BCUT2D eigenvalue weighted by Gasteiger charge is 2.25. The van der Waals surface area contributed by atoms with Crippen LogP contribution in [0.15, 0.2) is 18.2 Å². The number of halogens is 1. The van der Waals surface area contributed by atoms with Crippen LogP contribution in [0, 0.1) is 11.3 Å². The van der Waals surface area contributed by atoms with Gasteiger partial charge in [-0.3, -0.25) is 9.69 Å². The summed E-state index contributed by atoms with van der Waals surface area (Å²) in [6.45, 7) is 1.16. The van der Waals surface area contributed by atoms with Gasteiger partial charge in [-0.2, -0.15) is 5.26 Å². The predicted octanol–water partition coefficient (Wildman–Crippen LogP) is 1.61. The van der Waals surface area contributed by atoms with Crippen LogP contribution in [0.3, 0.4) is 0 Å². The average molecular weight is 294 g/mol. The van der Waals surface area contributed by atoms with Crippen LogP contribution in [-0.4, -0.2) is 41.7 Å². The Morgan fingerprint density at radius 3 is 3.05 bits per heavy atom. The number of anilines is 1. The van der Waals surface area contributed by atoms with E-state index in [4.69, 9.17) is 16.9 Å². The number of aliphatic hydroxyl groups excluding tert-OH is 1. The largest absolute Gasteiger partial charge is 0.395 e. The molecular weight excluding hydrogens is 278 g/mol. The lowest BCUT2D eigenvalue weighted by Crippen LogP contribution is -2.38. The van der Waals surface area contributed by atoms with Gasteiger partial charge >= 0.3 is 0 Å². The molecule has 6 heteroatoms. The van der Waals surface area contributed by atoms with E-state index in [2.05, 4.69) is 5.32 Å². The topological polar surface area (TPSA) is 76.4 Å². The summed E-state index contributed by atoms with van der Waals surface area (Å²) in [5.74, 6) is -0.147. The summed E-state index contributed by atoms with van der Waals surface area (Å²) in [5, 5.41) is 21.1. The molecule has 0 radical (unpaired) electrons. The maximum absolute atomic E-state index is 12.0. The zero-order valence-corrected chi connectivity index (χ0v) is 11.7. The van der Waals surface area contributed by atoms with E-state index in [1.165, 1.54) is 0 Å². The smallest absolute Gasteiger partial charge is 0.238 e. The van der Waals surface area contributed by atoms with Gasteiger partial charge < -0.3 is 10.4 Å². The Morgan fingerprint density at radius 1 is 1.60 bits per heavy atom. The standard InChI is InChI=1S/C14H16ClN3O2/c15-13-6-11(4-3-10(13)7-16)17-14(20)8-18-5-1-2-12(18)9-19/h3-4,6,12,19H,1-2,5,8-9H2,(H,17,20)/t12-/m1/s1. The summed E-state index contributed by atoms with van der Waals surface area (Å²) in [6.07, 6.45) is 1.92. The molecule has 0 unspecified atom stereocenters. The molecule has 1 heterocycles. The molecule has 0 aromatic heterocycles. The van der Waals surface area contributed by atoms with Gasteiger partial charge in [0.1, 0.15) is 6.07 Å². The normalized spacial score (nSPS) is 18.8. The van der Waals surface area contributed by atoms with E-state index in [1.807, 2.05) is 11.0 Å². The average Bonchev–Trinajstić information content (AvgIpc) is 2.86. The van der Waals surface area contributed by atoms with E-state index in [-0.39, 0.29) is 25.1 Å². The second-order valence-electron chi connectivity index (χ2n) is 4.80. The van der Waals surface area contributed by atoms with Crippen molar-refractivity contribution in [2.75, 3.05) is 25.0 Å². The van der Waals surface area contributed by atoms with E-state index >= 15 is 0 Å². The fourth-order valence-electron chi connectivity index (χ4n) is 2.38. The van der Waals surface area contributed by atoms with Gasteiger partial charge in [0.2, 0.25) is 5.91 Å². The van der Waals surface area contributed by atoms with Gasteiger partial charge in [0.15, 0.2) is 0 Å². The molecule has 1 fully saturated rings. The van der Waals surface area contributed by atoms with E-state index < -0.39 is 0 Å². The van der Waals surface area contributed by atoms with E-state index in [0.717, 1.165) is 19.4 Å². The van der Waals surface area contributed by atoms with Crippen LogP contribution in [0.2, 0.25) is 5.02 Å². The van der Waals surface area contributed by atoms with Gasteiger partial charge in [0, 0.05) is 11.7 Å². The Morgan fingerprint density at radius 2 is 2.40 bits per heavy atom. The lowest BCUT2D eigenvalue weighted by atomic mass is 10.2. The number of rotatable bonds is 4. The van der Waals surface area contributed by atoms with Crippen molar-refractivity contribution in [3.63, 3.8) is 0 Å². The van der Waals surface area contributed by atoms with Gasteiger partial charge in [0.25, 0.3) is 0 Å². The molecule has 1 atom stereocenters. The molecule has 0 saturated carbocycles. The number of nitrogens with one attached hydrogen (secondary N) is 1. The third kappa shape index (κ3) is 3.48. The van der Waals surface area contributed by atoms with Crippen molar-refractivity contribution >= 4 is 23.2 Å². The summed E-state index contributed by atoms with van der Waals surface area (Å²) >= 11 is 5.91. The summed E-state index contributed by atoms with van der Waals surface area (Å²) < 4.78 is 0. The third-order valence-electron chi connectivity index (χ3n) is 3.43. The Hall–Kier alpha value is -1.61. The van der Waals surface area contributed by atoms with E-state index in [0.29, 0.717) is 16.3 Å². The molecule has 5 nitrogen and oxygen atoms in total. The van der Waals surface area contributed by atoms with Crippen molar-refractivity contribution in [1.82, 2.24) is 4.90 Å². The molecule has 1 saturated heterocycles. The second-order valence-corrected chi connectivity index (χ2v) is 5.21. The van der Waals surface area contributed by atoms with Crippen LogP contribution in [-0.2, 0) is 4.79 Å². The van der Waals surface area contributed by atoms with Crippen LogP contribution < -0.4 is 5.32 Å². The summed E-state index contributed by atoms with van der Waals surface area (Å²) in [6, 6.07) is 6.83. The number of benzene rings is 1. The monoisotopic (exact) mass is 293 g/mol. The first kappa shape index (κ1) is 14.8. The molecule has 0 aliphatic carbocycles. The molecule has 0 spiro atoms. The van der Waals surface area contributed by atoms with Crippen LogP contribution in [0.5, 0.6) is 0 Å². The lowest BCUT2D eigenvalue weighted by Gasteiger charge is -2.21. The minimum absolute atomic E-state index is 0.0744. The molecule has 2 rings (SSSR count). The van der Waals surface area contributed by atoms with Gasteiger partial charge in [-0.15, -0.1) is 0 Å². The number of hydrogen-bond acceptors (Lipinski definition) is 4. The number of hydrogen-bond donors (Lipinski definition) is 2. The molecular formula is C14H16ClN3O2. The van der Waals surface area contributed by atoms with Gasteiger partial charge in [-0.1, -0.05) is 11.6 Å². The number of likely N-dealkylation sites (tertiary alicyclic amines) is 1. The quantitative estimate of drug-likeness (QED) is 0.884. The number of aliphatic hydroxyl groups is 1. The minimum Gasteiger partial charge on any atom is -0.395 e. The van der Waals surface area contributed by atoms with Gasteiger partial charge in [-0.05, 0) is 37.6 Å². The number of amides is 1. The first-order chi connectivity index (χ1) is 9.63. The highest BCUT2D eigenvalue weighted by molar-refractivity contribution is 6.32. The third-order valence-corrected chi connectivity index (χ3v) is 3.74. The first-order valence-electron chi connectivity index (χ1n) is 6.48. The van der Waals surface area contributed by atoms with Crippen molar-refractivity contribution in [2.24, 2.45) is 0 Å². The van der Waals surface area contributed by atoms with Gasteiger partial charge in [0.05, 0.1) is 23.7 Å². The van der Waals surface area contributed by atoms with E-state index in [1.54, 1.807) is 18.2 Å². The van der Waals surface area contributed by atoms with Gasteiger partial charge in [-0.25, -0.2) is 0 Å². The van der Waals surface area contributed by atoms with Crippen molar-refractivity contribution in [3.8, 4) is 6.07 Å². The summed E-state index contributed by atoms with van der Waals surface area (Å²) in [5.41, 5.74) is 0.947. The molecule has 20 heavy (non-hydrogen) atoms. The molecule has 106 valence electrons. The number of carbonyl (C=O) groups excluding carboxylic acids is 1. The van der Waals surface area contributed by atoms with Crippen molar-refractivity contribution in [1.29, 1.82) is 5.26 Å². The summed E-state index contributed by atoms with van der Waals surface area (Å²) in [4.78, 5) is 13.9. The minimum atomic E-state index is -0.147. The predicted molar refractivity (Wildman–Crippen MR) is 76.5 cm³/mol.